The lowest BCUT2D eigenvalue weighted by atomic mass is 10.2. The molecule has 6 nitrogen and oxygen atoms in total. The lowest BCUT2D eigenvalue weighted by Gasteiger charge is -2.14. The summed E-state index contributed by atoms with van der Waals surface area (Å²) < 4.78 is 24.1. The van der Waals surface area contributed by atoms with Gasteiger partial charge in [-0.15, -0.1) is 0 Å². The van der Waals surface area contributed by atoms with Crippen LogP contribution in [0, 0.1) is 0 Å². The smallest absolute Gasteiger partial charge is 0.327 e. The molecule has 0 unspecified atom stereocenters. The van der Waals surface area contributed by atoms with Crippen molar-refractivity contribution in [2.45, 2.75) is 18.7 Å². The summed E-state index contributed by atoms with van der Waals surface area (Å²) in [6, 6.07) is 3.02. The Morgan fingerprint density at radius 3 is 2.24 bits per heavy atom. The molecule has 0 fully saturated rings. The Bertz CT molecular complexity index is 639. The van der Waals surface area contributed by atoms with E-state index >= 15 is 0 Å². The zero-order valence-corrected chi connectivity index (χ0v) is 13.3. The van der Waals surface area contributed by atoms with Crippen molar-refractivity contribution in [1.29, 1.82) is 0 Å². The number of carboxylic acid groups (broad SMARTS) is 1. The van der Waals surface area contributed by atoms with E-state index in [2.05, 4.69) is 5.32 Å². The fourth-order valence-electron chi connectivity index (χ4n) is 1.62. The van der Waals surface area contributed by atoms with Crippen molar-refractivity contribution in [3.8, 4) is 0 Å². The van der Waals surface area contributed by atoms with Crippen LogP contribution in [0.4, 0.5) is 0 Å². The number of benzene rings is 1. The lowest BCUT2D eigenvalue weighted by Crippen LogP contribution is -2.44. The number of carboxylic acids is 1. The topological polar surface area (TPSA) is 101 Å². The Morgan fingerprint density at radius 1 is 1.29 bits per heavy atom. The minimum absolute atomic E-state index is 0.178. The number of halogens is 2. The molecule has 1 atom stereocenters. The highest BCUT2D eigenvalue weighted by Crippen LogP contribution is 2.26. The van der Waals surface area contributed by atoms with Gasteiger partial charge in [0.05, 0.1) is 11.5 Å². The molecule has 9 heteroatoms. The maximum Gasteiger partial charge on any atom is 0.327 e. The highest BCUT2D eigenvalue weighted by Gasteiger charge is 2.27. The van der Waals surface area contributed by atoms with Gasteiger partial charge < -0.3 is 10.4 Å². The first-order valence-corrected chi connectivity index (χ1v) is 8.33. The molecule has 1 rings (SSSR count). The zero-order valence-electron chi connectivity index (χ0n) is 11.0. The Labute approximate surface area is 132 Å². The van der Waals surface area contributed by atoms with E-state index in [1.165, 1.54) is 12.1 Å². The first kappa shape index (κ1) is 17.7. The fraction of sp³-hybridized carbons (Fsp3) is 0.333. The van der Waals surface area contributed by atoms with Gasteiger partial charge in [0.25, 0.3) is 0 Å². The van der Waals surface area contributed by atoms with Gasteiger partial charge in [-0.3, -0.25) is 4.79 Å². The average Bonchev–Trinajstić information content (AvgIpc) is 2.32. The van der Waals surface area contributed by atoms with Crippen molar-refractivity contribution < 1.29 is 23.1 Å². The minimum Gasteiger partial charge on any atom is -0.480 e. The van der Waals surface area contributed by atoms with Gasteiger partial charge >= 0.3 is 5.97 Å². The van der Waals surface area contributed by atoms with Crippen LogP contribution < -0.4 is 5.32 Å². The summed E-state index contributed by atoms with van der Waals surface area (Å²) in [6.45, 7) is 1.10. The van der Waals surface area contributed by atoms with Crippen molar-refractivity contribution in [2.75, 3.05) is 5.75 Å². The number of carbonyl (C=O) groups is 2. The van der Waals surface area contributed by atoms with E-state index in [0.29, 0.717) is 0 Å². The standard InChI is InChI=1S/C12H13Cl2NO5S/c1-7(16)15-11(12(17)18)6-21(19,20)5-8-9(13)3-2-4-10(8)14/h2-4,11H,5-6H2,1H3,(H,15,16)(H,17,18)/t11-/m0/s1. The summed E-state index contributed by atoms with van der Waals surface area (Å²) in [5.74, 6) is -3.31. The van der Waals surface area contributed by atoms with E-state index in [-0.39, 0.29) is 15.6 Å². The molecule has 2 N–H and O–H groups in total. The maximum atomic E-state index is 12.1. The van der Waals surface area contributed by atoms with Crippen LogP contribution in [-0.4, -0.2) is 37.2 Å². The third-order valence-electron chi connectivity index (χ3n) is 2.52. The lowest BCUT2D eigenvalue weighted by molar-refractivity contribution is -0.140. The summed E-state index contributed by atoms with van der Waals surface area (Å²) in [5.41, 5.74) is 0.202. The van der Waals surface area contributed by atoms with Gasteiger partial charge in [-0.2, -0.15) is 0 Å². The Hall–Kier alpha value is -1.31. The Morgan fingerprint density at radius 2 is 1.81 bits per heavy atom. The largest absolute Gasteiger partial charge is 0.480 e. The van der Waals surface area contributed by atoms with E-state index in [1.54, 1.807) is 6.07 Å². The third kappa shape index (κ3) is 5.53. The minimum atomic E-state index is -3.83. The van der Waals surface area contributed by atoms with Crippen LogP contribution in [0.2, 0.25) is 10.0 Å². The monoisotopic (exact) mass is 353 g/mol. The molecule has 0 heterocycles. The van der Waals surface area contributed by atoms with Crippen LogP contribution in [0.5, 0.6) is 0 Å². The maximum absolute atomic E-state index is 12.1. The predicted octanol–water partition coefficient (Wildman–Crippen LogP) is 1.50. The number of rotatable bonds is 6. The normalized spacial score (nSPS) is 12.7. The van der Waals surface area contributed by atoms with Crippen LogP contribution in [0.1, 0.15) is 12.5 Å². The fourth-order valence-corrected chi connectivity index (χ4v) is 3.92. The molecule has 0 radical (unpaired) electrons. The summed E-state index contributed by atoms with van der Waals surface area (Å²) in [5, 5.41) is 11.4. The van der Waals surface area contributed by atoms with Crippen LogP contribution in [-0.2, 0) is 25.2 Å². The molecule has 21 heavy (non-hydrogen) atoms. The second-order valence-corrected chi connectivity index (χ2v) is 7.27. The van der Waals surface area contributed by atoms with Crippen molar-refractivity contribution in [2.24, 2.45) is 0 Å². The van der Waals surface area contributed by atoms with Gasteiger partial charge in [-0.25, -0.2) is 13.2 Å². The number of carbonyl (C=O) groups excluding carboxylic acids is 1. The molecule has 0 aromatic heterocycles. The van der Waals surface area contributed by atoms with E-state index in [9.17, 15) is 18.0 Å². The van der Waals surface area contributed by atoms with Gasteiger partial charge in [0.2, 0.25) is 5.91 Å². The van der Waals surface area contributed by atoms with Gasteiger partial charge in [0, 0.05) is 22.5 Å². The molecule has 0 aliphatic rings. The number of amides is 1. The summed E-state index contributed by atoms with van der Waals surface area (Å²) in [7, 11) is -3.83. The highest BCUT2D eigenvalue weighted by atomic mass is 35.5. The molecule has 0 aliphatic carbocycles. The van der Waals surface area contributed by atoms with Gasteiger partial charge in [0.1, 0.15) is 6.04 Å². The summed E-state index contributed by atoms with van der Waals surface area (Å²) >= 11 is 11.8. The van der Waals surface area contributed by atoms with E-state index < -0.39 is 39.3 Å². The van der Waals surface area contributed by atoms with E-state index in [1.807, 2.05) is 0 Å². The molecule has 0 saturated carbocycles. The molecule has 1 amide bonds. The molecule has 0 aliphatic heterocycles. The number of hydrogen-bond acceptors (Lipinski definition) is 4. The molecular weight excluding hydrogens is 341 g/mol. The first-order chi connectivity index (χ1) is 9.62. The quantitative estimate of drug-likeness (QED) is 0.806. The number of aliphatic carboxylic acids is 1. The molecule has 0 bridgehead atoms. The molecule has 116 valence electrons. The Kier molecular flexibility index (Phi) is 6.00. The van der Waals surface area contributed by atoms with Crippen LogP contribution in [0.15, 0.2) is 18.2 Å². The van der Waals surface area contributed by atoms with Crippen molar-refractivity contribution >= 4 is 44.9 Å². The van der Waals surface area contributed by atoms with Crippen molar-refractivity contribution in [1.82, 2.24) is 5.32 Å². The van der Waals surface area contributed by atoms with Crippen LogP contribution in [0.25, 0.3) is 0 Å². The van der Waals surface area contributed by atoms with Crippen molar-refractivity contribution in [3.63, 3.8) is 0 Å². The predicted molar refractivity (Wildman–Crippen MR) is 79.2 cm³/mol. The van der Waals surface area contributed by atoms with E-state index in [4.69, 9.17) is 28.3 Å². The average molecular weight is 354 g/mol. The number of hydrogen-bond donors (Lipinski definition) is 2. The van der Waals surface area contributed by atoms with Crippen molar-refractivity contribution in [3.05, 3.63) is 33.8 Å². The SMILES string of the molecule is CC(=O)N[C@@H](CS(=O)(=O)Cc1c(Cl)cccc1Cl)C(=O)O. The molecular formula is C12H13Cl2NO5S. The second kappa shape index (κ2) is 7.11. The van der Waals surface area contributed by atoms with E-state index in [0.717, 1.165) is 6.92 Å². The van der Waals surface area contributed by atoms with Gasteiger partial charge in [-0.05, 0) is 12.1 Å². The first-order valence-electron chi connectivity index (χ1n) is 5.75. The zero-order chi connectivity index (χ0) is 16.2. The molecule has 0 spiro atoms. The summed E-state index contributed by atoms with van der Waals surface area (Å²) in [6.07, 6.45) is 0. The number of sulfone groups is 1. The second-order valence-electron chi connectivity index (χ2n) is 4.35. The Balaban J connectivity index is 2.96. The molecule has 1 aromatic rings. The third-order valence-corrected chi connectivity index (χ3v) is 4.80. The molecule has 0 saturated heterocycles. The molecule has 1 aromatic carbocycles. The highest BCUT2D eigenvalue weighted by molar-refractivity contribution is 7.90. The van der Waals surface area contributed by atoms with Gasteiger partial charge in [0.15, 0.2) is 9.84 Å². The van der Waals surface area contributed by atoms with Gasteiger partial charge in [-0.1, -0.05) is 29.3 Å². The van der Waals surface area contributed by atoms with Crippen LogP contribution >= 0.6 is 23.2 Å². The number of nitrogens with one attached hydrogen (secondary N) is 1. The summed E-state index contributed by atoms with van der Waals surface area (Å²) in [4.78, 5) is 21.9. The van der Waals surface area contributed by atoms with Crippen LogP contribution in [0.3, 0.4) is 0 Å².